The Hall–Kier alpha value is -3.12. The van der Waals surface area contributed by atoms with Crippen LogP contribution in [-0.4, -0.2) is 48.1 Å². The Morgan fingerprint density at radius 1 is 1.17 bits per heavy atom. The molecule has 6 nitrogen and oxygen atoms in total. The maximum Gasteiger partial charge on any atom is 0.253 e. The van der Waals surface area contributed by atoms with Gasteiger partial charge in [0.2, 0.25) is 0 Å². The summed E-state index contributed by atoms with van der Waals surface area (Å²) in [6.07, 6.45) is 1.79. The summed E-state index contributed by atoms with van der Waals surface area (Å²) in [5.41, 5.74) is 4.69. The minimum absolute atomic E-state index is 0.00195. The van der Waals surface area contributed by atoms with Crippen LogP contribution in [0.15, 0.2) is 54.7 Å². The van der Waals surface area contributed by atoms with E-state index in [4.69, 9.17) is 4.74 Å². The van der Waals surface area contributed by atoms with Crippen molar-refractivity contribution in [2.24, 2.45) is 0 Å². The molecule has 0 aliphatic heterocycles. The van der Waals surface area contributed by atoms with Crippen LogP contribution in [0.4, 0.5) is 0 Å². The number of pyridine rings is 1. The zero-order valence-electron chi connectivity index (χ0n) is 18.3. The SMILES string of the molecule is COc1ccccc1C(CNC(=O)c1cc(C)n(Cc2ccccn2)c1C)N(C)C. The first-order chi connectivity index (χ1) is 14.4. The average molecular weight is 407 g/mol. The molecule has 3 rings (SSSR count). The van der Waals surface area contributed by atoms with Crippen molar-refractivity contribution in [1.82, 2.24) is 19.8 Å². The van der Waals surface area contributed by atoms with Gasteiger partial charge in [-0.25, -0.2) is 0 Å². The fourth-order valence-corrected chi connectivity index (χ4v) is 3.72. The molecule has 1 N–H and O–H groups in total. The van der Waals surface area contributed by atoms with Gasteiger partial charge in [0.15, 0.2) is 0 Å². The van der Waals surface area contributed by atoms with E-state index < -0.39 is 0 Å². The highest BCUT2D eigenvalue weighted by molar-refractivity contribution is 5.95. The van der Waals surface area contributed by atoms with E-state index in [-0.39, 0.29) is 11.9 Å². The number of carbonyl (C=O) groups is 1. The van der Waals surface area contributed by atoms with E-state index >= 15 is 0 Å². The van der Waals surface area contributed by atoms with E-state index in [1.54, 1.807) is 13.3 Å². The van der Waals surface area contributed by atoms with E-state index in [2.05, 4.69) is 19.8 Å². The molecule has 2 heterocycles. The Balaban J connectivity index is 1.76. The van der Waals surface area contributed by atoms with Crippen molar-refractivity contribution in [3.05, 3.63) is 82.9 Å². The van der Waals surface area contributed by atoms with Crippen molar-refractivity contribution in [3.63, 3.8) is 0 Å². The van der Waals surface area contributed by atoms with Gasteiger partial charge >= 0.3 is 0 Å². The molecule has 0 aliphatic carbocycles. The van der Waals surface area contributed by atoms with Crippen molar-refractivity contribution in [2.45, 2.75) is 26.4 Å². The molecule has 1 atom stereocenters. The Morgan fingerprint density at radius 3 is 2.57 bits per heavy atom. The smallest absolute Gasteiger partial charge is 0.253 e. The molecule has 0 spiro atoms. The Labute approximate surface area is 178 Å². The number of rotatable bonds is 8. The molecule has 1 aromatic carbocycles. The lowest BCUT2D eigenvalue weighted by Crippen LogP contribution is -2.35. The molecule has 0 fully saturated rings. The number of aromatic nitrogens is 2. The average Bonchev–Trinajstić information content (AvgIpc) is 3.03. The van der Waals surface area contributed by atoms with Crippen LogP contribution in [0.3, 0.4) is 0 Å². The number of amides is 1. The maximum absolute atomic E-state index is 13.0. The van der Waals surface area contributed by atoms with Gasteiger partial charge in [0, 0.05) is 29.7 Å². The normalized spacial score (nSPS) is 12.1. The first-order valence-electron chi connectivity index (χ1n) is 10.1. The van der Waals surface area contributed by atoms with Crippen LogP contribution in [-0.2, 0) is 6.54 Å². The first kappa shape index (κ1) is 21.6. The molecule has 2 aromatic heterocycles. The van der Waals surface area contributed by atoms with Crippen molar-refractivity contribution >= 4 is 5.91 Å². The minimum atomic E-state index is -0.0721. The number of ether oxygens (including phenoxy) is 1. The Morgan fingerprint density at radius 2 is 1.90 bits per heavy atom. The highest BCUT2D eigenvalue weighted by Gasteiger charge is 2.21. The Bertz CT molecular complexity index is 996. The topological polar surface area (TPSA) is 59.4 Å². The number of nitrogens with zero attached hydrogens (tertiary/aromatic N) is 3. The summed E-state index contributed by atoms with van der Waals surface area (Å²) in [6, 6.07) is 15.7. The molecular formula is C24H30N4O2. The van der Waals surface area contributed by atoms with Gasteiger partial charge in [0.25, 0.3) is 5.91 Å². The molecular weight excluding hydrogens is 376 g/mol. The lowest BCUT2D eigenvalue weighted by atomic mass is 10.0. The van der Waals surface area contributed by atoms with Crippen LogP contribution in [0.25, 0.3) is 0 Å². The highest BCUT2D eigenvalue weighted by Crippen LogP contribution is 2.27. The zero-order chi connectivity index (χ0) is 21.7. The van der Waals surface area contributed by atoms with Crippen LogP contribution in [0.2, 0.25) is 0 Å². The summed E-state index contributed by atoms with van der Waals surface area (Å²) in [7, 11) is 5.67. The van der Waals surface area contributed by atoms with Gasteiger partial charge in [-0.15, -0.1) is 0 Å². The molecule has 0 bridgehead atoms. The van der Waals surface area contributed by atoms with Gasteiger partial charge in [-0.3, -0.25) is 9.78 Å². The second-order valence-corrected chi connectivity index (χ2v) is 7.62. The first-order valence-corrected chi connectivity index (χ1v) is 10.1. The number of nitrogens with one attached hydrogen (secondary N) is 1. The summed E-state index contributed by atoms with van der Waals surface area (Å²) in [5.74, 6) is 0.746. The van der Waals surface area contributed by atoms with E-state index in [0.717, 1.165) is 28.4 Å². The summed E-state index contributed by atoms with van der Waals surface area (Å²) in [4.78, 5) is 19.5. The van der Waals surface area contributed by atoms with Crippen molar-refractivity contribution in [1.29, 1.82) is 0 Å². The molecule has 3 aromatic rings. The number of benzene rings is 1. The third kappa shape index (κ3) is 4.71. The maximum atomic E-state index is 13.0. The highest BCUT2D eigenvalue weighted by atomic mass is 16.5. The second kappa shape index (κ2) is 9.59. The van der Waals surface area contributed by atoms with E-state index in [1.807, 2.05) is 76.5 Å². The monoisotopic (exact) mass is 406 g/mol. The lowest BCUT2D eigenvalue weighted by Gasteiger charge is -2.26. The van der Waals surface area contributed by atoms with E-state index in [1.165, 1.54) is 0 Å². The van der Waals surface area contributed by atoms with Gasteiger partial charge < -0.3 is 19.5 Å². The summed E-state index contributed by atoms with van der Waals surface area (Å²) < 4.78 is 7.64. The van der Waals surface area contributed by atoms with Gasteiger partial charge in [-0.05, 0) is 52.2 Å². The molecule has 1 amide bonds. The van der Waals surface area contributed by atoms with E-state index in [0.29, 0.717) is 18.7 Å². The van der Waals surface area contributed by atoms with Crippen LogP contribution in [0, 0.1) is 13.8 Å². The van der Waals surface area contributed by atoms with Crippen molar-refractivity contribution < 1.29 is 9.53 Å². The minimum Gasteiger partial charge on any atom is -0.496 e. The molecule has 0 saturated heterocycles. The largest absolute Gasteiger partial charge is 0.496 e. The number of likely N-dealkylation sites (N-methyl/N-ethyl adjacent to an activating group) is 1. The molecule has 0 aliphatic rings. The third-order valence-corrected chi connectivity index (χ3v) is 5.44. The molecule has 6 heteroatoms. The summed E-state index contributed by atoms with van der Waals surface area (Å²) in [6.45, 7) is 5.13. The lowest BCUT2D eigenvalue weighted by molar-refractivity contribution is 0.0940. The fourth-order valence-electron chi connectivity index (χ4n) is 3.72. The predicted octanol–water partition coefficient (Wildman–Crippen LogP) is 3.59. The molecule has 0 radical (unpaired) electrons. The number of aryl methyl sites for hydroxylation is 1. The quantitative estimate of drug-likeness (QED) is 0.621. The molecule has 158 valence electrons. The zero-order valence-corrected chi connectivity index (χ0v) is 18.3. The third-order valence-electron chi connectivity index (χ3n) is 5.44. The van der Waals surface area contributed by atoms with Crippen molar-refractivity contribution in [2.75, 3.05) is 27.7 Å². The van der Waals surface area contributed by atoms with Gasteiger partial charge in [0.05, 0.1) is 31.0 Å². The molecule has 30 heavy (non-hydrogen) atoms. The number of methoxy groups -OCH3 is 1. The fraction of sp³-hybridized carbons (Fsp3) is 0.333. The van der Waals surface area contributed by atoms with Crippen LogP contribution in [0.5, 0.6) is 5.75 Å². The summed E-state index contributed by atoms with van der Waals surface area (Å²) >= 11 is 0. The van der Waals surface area contributed by atoms with Crippen LogP contribution >= 0.6 is 0 Å². The van der Waals surface area contributed by atoms with Gasteiger partial charge in [-0.1, -0.05) is 24.3 Å². The Kier molecular flexibility index (Phi) is 6.90. The number of para-hydroxylation sites is 1. The number of hydrogen-bond donors (Lipinski definition) is 1. The number of carbonyl (C=O) groups excluding carboxylic acids is 1. The number of hydrogen-bond acceptors (Lipinski definition) is 4. The van der Waals surface area contributed by atoms with Gasteiger partial charge in [-0.2, -0.15) is 0 Å². The molecule has 0 saturated carbocycles. The van der Waals surface area contributed by atoms with E-state index in [9.17, 15) is 4.79 Å². The second-order valence-electron chi connectivity index (χ2n) is 7.62. The molecule has 1 unspecified atom stereocenters. The van der Waals surface area contributed by atoms with Crippen LogP contribution in [0.1, 0.15) is 39.0 Å². The van der Waals surface area contributed by atoms with Crippen LogP contribution < -0.4 is 10.1 Å². The predicted molar refractivity (Wildman–Crippen MR) is 119 cm³/mol. The van der Waals surface area contributed by atoms with Crippen molar-refractivity contribution in [3.8, 4) is 5.75 Å². The van der Waals surface area contributed by atoms with Gasteiger partial charge in [0.1, 0.15) is 5.75 Å². The summed E-state index contributed by atoms with van der Waals surface area (Å²) in [5, 5.41) is 3.11. The standard InChI is InChI=1S/C24H30N4O2/c1-17-14-21(18(2)28(17)16-19-10-8-9-13-25-19)24(29)26-15-22(27(3)4)20-11-6-7-12-23(20)30-5/h6-14,22H,15-16H2,1-5H3,(H,26,29).